The third-order valence-electron chi connectivity index (χ3n) is 8.50. The number of esters is 1. The van der Waals surface area contributed by atoms with Gasteiger partial charge >= 0.3 is 5.97 Å². The van der Waals surface area contributed by atoms with Crippen molar-refractivity contribution in [1.82, 2.24) is 10.6 Å². The first kappa shape index (κ1) is 33.6. The summed E-state index contributed by atoms with van der Waals surface area (Å²) in [4.78, 5) is 36.1. The van der Waals surface area contributed by atoms with Gasteiger partial charge in [-0.15, -0.1) is 0 Å². The van der Waals surface area contributed by atoms with Gasteiger partial charge in [0.2, 0.25) is 11.8 Å². The van der Waals surface area contributed by atoms with E-state index in [-0.39, 0.29) is 59.8 Å². The molecule has 240 valence electrons. The number of benzene rings is 1. The molecule has 44 heavy (non-hydrogen) atoms. The molecule has 3 aliphatic heterocycles. The second-order valence-electron chi connectivity index (χ2n) is 12.6. The number of carbonyl (C=O) groups excluding carboxylic acids is 3. The molecule has 4 rings (SSSR count). The summed E-state index contributed by atoms with van der Waals surface area (Å²) in [6, 6.07) is 9.79. The highest BCUT2D eigenvalue weighted by Gasteiger charge is 2.51. The van der Waals surface area contributed by atoms with Crippen LogP contribution in [0.2, 0.25) is 0 Å². The van der Waals surface area contributed by atoms with Gasteiger partial charge in [0.15, 0.2) is 0 Å². The van der Waals surface area contributed by atoms with Crippen LogP contribution in [0.1, 0.15) is 72.3 Å². The molecule has 1 unspecified atom stereocenters. The van der Waals surface area contributed by atoms with Crippen LogP contribution in [0, 0.1) is 5.92 Å². The lowest BCUT2D eigenvalue weighted by molar-refractivity contribution is -0.143. The van der Waals surface area contributed by atoms with E-state index in [1.807, 2.05) is 37.3 Å². The second kappa shape index (κ2) is 15.6. The summed E-state index contributed by atoms with van der Waals surface area (Å²) in [5, 5.41) is 6.03. The van der Waals surface area contributed by atoms with Crippen molar-refractivity contribution < 1.29 is 33.3 Å². The first-order valence-electron chi connectivity index (χ1n) is 15.8. The van der Waals surface area contributed by atoms with Crippen LogP contribution in [0.15, 0.2) is 66.3 Å². The highest BCUT2D eigenvalue weighted by atomic mass is 16.6. The van der Waals surface area contributed by atoms with Crippen molar-refractivity contribution in [1.29, 1.82) is 0 Å². The normalized spacial score (nSPS) is 31.2. The van der Waals surface area contributed by atoms with Gasteiger partial charge < -0.3 is 29.6 Å². The lowest BCUT2D eigenvalue weighted by atomic mass is 9.88. The summed E-state index contributed by atoms with van der Waals surface area (Å²) >= 11 is 0. The lowest BCUT2D eigenvalue weighted by Crippen LogP contribution is -2.50. The molecule has 0 radical (unpaired) electrons. The fraction of sp³-hybridized carbons (Fsp3) is 0.571. The van der Waals surface area contributed by atoms with Gasteiger partial charge in [0.1, 0.15) is 6.10 Å². The molecule has 0 saturated carbocycles. The molecule has 2 N–H and O–H groups in total. The predicted octanol–water partition coefficient (Wildman–Crippen LogP) is 4.71. The fourth-order valence-electron chi connectivity index (χ4n) is 5.95. The molecular weight excluding hydrogens is 560 g/mol. The molecule has 1 aromatic rings. The molecular formula is C35H48N2O7. The van der Waals surface area contributed by atoms with Crippen molar-refractivity contribution in [2.24, 2.45) is 5.92 Å². The van der Waals surface area contributed by atoms with Crippen molar-refractivity contribution in [2.75, 3.05) is 6.61 Å². The third-order valence-corrected chi connectivity index (χ3v) is 8.50. The first-order chi connectivity index (χ1) is 21.0. The number of nitrogens with one attached hydrogen (secondary N) is 2. The summed E-state index contributed by atoms with van der Waals surface area (Å²) in [5.74, 6) is -0.367. The Morgan fingerprint density at radius 1 is 1.09 bits per heavy atom. The largest absolute Gasteiger partial charge is 0.459 e. The summed E-state index contributed by atoms with van der Waals surface area (Å²) in [5.41, 5.74) is 2.02. The Bertz CT molecular complexity index is 1220. The van der Waals surface area contributed by atoms with E-state index in [0.29, 0.717) is 13.0 Å². The van der Waals surface area contributed by atoms with Crippen LogP contribution in [-0.4, -0.2) is 66.6 Å². The van der Waals surface area contributed by atoms with Gasteiger partial charge in [0.05, 0.1) is 49.1 Å². The lowest BCUT2D eigenvalue weighted by Gasteiger charge is -2.39. The number of allylic oxidation sites excluding steroid dienone is 2. The van der Waals surface area contributed by atoms with Crippen LogP contribution < -0.4 is 10.6 Å². The number of amides is 2. The molecule has 2 amide bonds. The van der Waals surface area contributed by atoms with E-state index in [2.05, 4.69) is 42.7 Å². The maximum atomic E-state index is 12.6. The molecule has 3 saturated heterocycles. The van der Waals surface area contributed by atoms with Crippen LogP contribution in [0.4, 0.5) is 0 Å². The van der Waals surface area contributed by atoms with Gasteiger partial charge in [-0.2, -0.15) is 0 Å². The first-order valence-corrected chi connectivity index (χ1v) is 15.8. The predicted molar refractivity (Wildman–Crippen MR) is 167 cm³/mol. The maximum absolute atomic E-state index is 12.6. The Morgan fingerprint density at radius 2 is 1.84 bits per heavy atom. The molecule has 3 heterocycles. The second-order valence-corrected chi connectivity index (χ2v) is 12.6. The van der Waals surface area contributed by atoms with Crippen molar-refractivity contribution in [2.45, 2.75) is 115 Å². The Kier molecular flexibility index (Phi) is 11.9. The summed E-state index contributed by atoms with van der Waals surface area (Å²) in [7, 11) is 0. The molecule has 0 aromatic heterocycles. The molecule has 3 aliphatic rings. The van der Waals surface area contributed by atoms with Crippen LogP contribution >= 0.6 is 0 Å². The van der Waals surface area contributed by atoms with Gasteiger partial charge in [0.25, 0.3) is 0 Å². The molecule has 1 aromatic carbocycles. The zero-order valence-corrected chi connectivity index (χ0v) is 26.6. The minimum atomic E-state index is -0.461. The Hall–Kier alpha value is -3.27. The zero-order chi connectivity index (χ0) is 31.7. The van der Waals surface area contributed by atoms with E-state index >= 15 is 0 Å². The van der Waals surface area contributed by atoms with E-state index in [4.69, 9.17) is 18.9 Å². The number of rotatable bonds is 12. The molecule has 9 nitrogen and oxygen atoms in total. The number of ether oxygens (including phenoxy) is 4. The zero-order valence-electron chi connectivity index (χ0n) is 26.6. The van der Waals surface area contributed by atoms with Crippen LogP contribution in [0.25, 0.3) is 0 Å². The summed E-state index contributed by atoms with van der Waals surface area (Å²) in [6.07, 6.45) is 11.9. The Morgan fingerprint density at radius 3 is 2.55 bits per heavy atom. The van der Waals surface area contributed by atoms with E-state index in [0.717, 1.165) is 43.4 Å². The third kappa shape index (κ3) is 10.7. The van der Waals surface area contributed by atoms with E-state index in [1.165, 1.54) is 13.0 Å². The number of epoxide rings is 1. The van der Waals surface area contributed by atoms with Crippen molar-refractivity contribution in [3.05, 3.63) is 71.8 Å². The molecule has 0 bridgehead atoms. The average Bonchev–Trinajstić information content (AvgIpc) is 3.72. The fourth-order valence-corrected chi connectivity index (χ4v) is 5.95. The van der Waals surface area contributed by atoms with Crippen molar-refractivity contribution in [3.8, 4) is 0 Å². The van der Waals surface area contributed by atoms with E-state index < -0.39 is 6.10 Å². The van der Waals surface area contributed by atoms with E-state index in [9.17, 15) is 14.4 Å². The average molecular weight is 609 g/mol. The van der Waals surface area contributed by atoms with Crippen LogP contribution in [-0.2, 0) is 39.9 Å². The van der Waals surface area contributed by atoms with Gasteiger partial charge in [0, 0.05) is 32.4 Å². The SMILES string of the molecule is CC(=O)OC(C)/C=C\C(=O)N[C@@H]1C[C@H](C)[C@H](C/C=C(C)/C=C/[C@@H]2C[C@]3(CO3)C[C@@H](CC(=O)NCc3ccccc3)O2)O[C@@H]1C. The highest BCUT2D eigenvalue weighted by Crippen LogP contribution is 2.43. The molecule has 1 spiro atoms. The minimum Gasteiger partial charge on any atom is -0.459 e. The number of hydrogen-bond acceptors (Lipinski definition) is 7. The number of carbonyl (C=O) groups is 3. The monoisotopic (exact) mass is 608 g/mol. The van der Waals surface area contributed by atoms with Gasteiger partial charge in [-0.3, -0.25) is 14.4 Å². The smallest absolute Gasteiger partial charge is 0.303 e. The highest BCUT2D eigenvalue weighted by molar-refractivity contribution is 5.87. The Labute approximate surface area is 261 Å². The van der Waals surface area contributed by atoms with Gasteiger partial charge in [-0.05, 0) is 51.2 Å². The van der Waals surface area contributed by atoms with Gasteiger partial charge in [-0.1, -0.05) is 61.1 Å². The number of hydrogen-bond donors (Lipinski definition) is 2. The maximum Gasteiger partial charge on any atom is 0.303 e. The van der Waals surface area contributed by atoms with Crippen LogP contribution in [0.3, 0.4) is 0 Å². The minimum absolute atomic E-state index is 0.0154. The summed E-state index contributed by atoms with van der Waals surface area (Å²) in [6.45, 7) is 10.5. The molecule has 0 aliphatic carbocycles. The van der Waals surface area contributed by atoms with Gasteiger partial charge in [-0.25, -0.2) is 0 Å². The topological polar surface area (TPSA) is 115 Å². The summed E-state index contributed by atoms with van der Waals surface area (Å²) < 4.78 is 23.5. The van der Waals surface area contributed by atoms with Crippen molar-refractivity contribution in [3.63, 3.8) is 0 Å². The Balaban J connectivity index is 1.22. The quantitative estimate of drug-likeness (QED) is 0.153. The molecule has 8 atom stereocenters. The molecule has 9 heteroatoms. The van der Waals surface area contributed by atoms with E-state index in [1.54, 1.807) is 13.0 Å². The van der Waals surface area contributed by atoms with Crippen LogP contribution in [0.5, 0.6) is 0 Å². The van der Waals surface area contributed by atoms with Crippen molar-refractivity contribution >= 4 is 17.8 Å². The molecule has 3 fully saturated rings. The standard InChI is InChI=1S/C35H48N2O7/c1-23(12-15-32-24(2)17-31(26(4)43-32)37-33(39)16-13-25(3)42-27(5)38)11-14-29-19-35(22-41-35)20-30(44-29)18-34(40)36-21-28-9-7-6-8-10-28/h6-14,16,24-26,29-32H,15,17-22H2,1-5H3,(H,36,40)(H,37,39)/b14-11+,16-13-,23-12+/t24-,25?,26+,29+,30+,31+,32-,35+/m0/s1.